The van der Waals surface area contributed by atoms with Crippen LogP contribution < -0.4 is 0 Å². The molecule has 0 spiro atoms. The maximum absolute atomic E-state index is 13.5. The Morgan fingerprint density at radius 2 is 1.70 bits per heavy atom. The van der Waals surface area contributed by atoms with Gasteiger partial charge in [0.2, 0.25) is 5.91 Å². The second-order valence-electron chi connectivity index (χ2n) is 8.30. The lowest BCUT2D eigenvalue weighted by Gasteiger charge is -2.51. The zero-order chi connectivity index (χ0) is 21.1. The van der Waals surface area contributed by atoms with Crippen LogP contribution in [0.25, 0.3) is 0 Å². The first kappa shape index (κ1) is 20.4. The van der Waals surface area contributed by atoms with E-state index in [0.29, 0.717) is 6.54 Å². The van der Waals surface area contributed by atoms with Crippen molar-refractivity contribution in [3.05, 3.63) is 71.8 Å². The molecule has 158 valence electrons. The molecule has 2 aliphatic heterocycles. The number of carbonyl (C=O) groups is 2. The van der Waals surface area contributed by atoms with Crippen LogP contribution in [0.2, 0.25) is 0 Å². The zero-order valence-electron chi connectivity index (χ0n) is 17.0. The maximum atomic E-state index is 13.5. The van der Waals surface area contributed by atoms with Gasteiger partial charge in [-0.1, -0.05) is 73.5 Å². The molecule has 3 unspecified atom stereocenters. The first-order valence-corrected chi connectivity index (χ1v) is 10.6. The first-order chi connectivity index (χ1) is 14.5. The molecule has 6 nitrogen and oxygen atoms in total. The second kappa shape index (κ2) is 8.48. The standard InChI is InChI=1S/C24H28N2O4/c27-22-20(26(23(28)29)17-18-10-4-1-5-11-18)16-24(30,19-12-6-2-7-13-19)21-14-8-3-9-15-25(21)22/h1-2,4-7,10-13,20-21,30H,3,8-9,14-17H2,(H,28,29). The minimum absolute atomic E-state index is 0.0656. The summed E-state index contributed by atoms with van der Waals surface area (Å²) < 4.78 is 0. The summed E-state index contributed by atoms with van der Waals surface area (Å²) >= 11 is 0. The lowest BCUT2D eigenvalue weighted by atomic mass is 9.75. The molecule has 2 aliphatic rings. The molecule has 0 aromatic heterocycles. The largest absolute Gasteiger partial charge is 0.465 e. The number of aliphatic hydroxyl groups is 1. The van der Waals surface area contributed by atoms with Gasteiger partial charge in [0.1, 0.15) is 11.6 Å². The maximum Gasteiger partial charge on any atom is 0.408 e. The molecular formula is C24H28N2O4. The van der Waals surface area contributed by atoms with Crippen molar-refractivity contribution in [2.75, 3.05) is 6.54 Å². The summed E-state index contributed by atoms with van der Waals surface area (Å²) in [4.78, 5) is 28.6. The van der Waals surface area contributed by atoms with Crippen molar-refractivity contribution in [3.8, 4) is 0 Å². The van der Waals surface area contributed by atoms with Crippen LogP contribution >= 0.6 is 0 Å². The van der Waals surface area contributed by atoms with Crippen LogP contribution in [0.1, 0.15) is 43.2 Å². The fraction of sp³-hybridized carbons (Fsp3) is 0.417. The number of fused-ring (bicyclic) bond motifs is 1. The third kappa shape index (κ3) is 3.79. The number of hydrogen-bond donors (Lipinski definition) is 2. The monoisotopic (exact) mass is 408 g/mol. The van der Waals surface area contributed by atoms with Gasteiger partial charge in [0.25, 0.3) is 0 Å². The zero-order valence-corrected chi connectivity index (χ0v) is 17.0. The normalized spacial score (nSPS) is 26.6. The molecule has 0 saturated carbocycles. The average Bonchev–Trinajstić information content (AvgIpc) is 3.03. The smallest absolute Gasteiger partial charge is 0.408 e. The molecule has 2 fully saturated rings. The van der Waals surface area contributed by atoms with Crippen LogP contribution in [0.15, 0.2) is 60.7 Å². The van der Waals surface area contributed by atoms with Crippen LogP contribution in [0, 0.1) is 0 Å². The van der Waals surface area contributed by atoms with Gasteiger partial charge in [-0.05, 0) is 24.0 Å². The summed E-state index contributed by atoms with van der Waals surface area (Å²) in [5.41, 5.74) is 0.271. The van der Waals surface area contributed by atoms with Gasteiger partial charge in [-0.25, -0.2) is 4.79 Å². The quantitative estimate of drug-likeness (QED) is 0.810. The van der Waals surface area contributed by atoms with Crippen LogP contribution in [0.3, 0.4) is 0 Å². The van der Waals surface area contributed by atoms with E-state index in [1.165, 1.54) is 4.90 Å². The van der Waals surface area contributed by atoms with Crippen LogP contribution in [0.4, 0.5) is 4.79 Å². The van der Waals surface area contributed by atoms with E-state index >= 15 is 0 Å². The van der Waals surface area contributed by atoms with E-state index in [9.17, 15) is 19.8 Å². The number of piperidine rings is 1. The topological polar surface area (TPSA) is 81.1 Å². The highest BCUT2D eigenvalue weighted by molar-refractivity contribution is 5.87. The minimum atomic E-state index is -1.28. The molecule has 6 heteroatoms. The Labute approximate surface area is 176 Å². The highest BCUT2D eigenvalue weighted by Gasteiger charge is 2.53. The molecule has 2 aromatic rings. The number of rotatable bonds is 4. The van der Waals surface area contributed by atoms with E-state index in [4.69, 9.17) is 0 Å². The summed E-state index contributed by atoms with van der Waals surface area (Å²) in [6, 6.07) is 17.4. The molecule has 4 rings (SSSR count). The molecule has 3 atom stereocenters. The first-order valence-electron chi connectivity index (χ1n) is 10.6. The van der Waals surface area contributed by atoms with Crippen LogP contribution in [0.5, 0.6) is 0 Å². The van der Waals surface area contributed by atoms with Crippen molar-refractivity contribution in [1.29, 1.82) is 0 Å². The van der Waals surface area contributed by atoms with Gasteiger partial charge in [0, 0.05) is 19.5 Å². The molecule has 2 N–H and O–H groups in total. The predicted octanol–water partition coefficient (Wildman–Crippen LogP) is 3.60. The summed E-state index contributed by atoms with van der Waals surface area (Å²) in [5.74, 6) is -0.194. The lowest BCUT2D eigenvalue weighted by Crippen LogP contribution is -2.65. The number of hydrogen-bond acceptors (Lipinski definition) is 3. The summed E-state index contributed by atoms with van der Waals surface area (Å²) in [7, 11) is 0. The Bertz CT molecular complexity index is 889. The van der Waals surface area contributed by atoms with Crippen LogP contribution in [-0.4, -0.2) is 50.6 Å². The van der Waals surface area contributed by atoms with Gasteiger partial charge >= 0.3 is 6.09 Å². The molecule has 2 amide bonds. The number of carbonyl (C=O) groups excluding carboxylic acids is 1. The van der Waals surface area contributed by atoms with E-state index < -0.39 is 17.7 Å². The minimum Gasteiger partial charge on any atom is -0.465 e. The fourth-order valence-corrected chi connectivity index (χ4v) is 4.95. The van der Waals surface area contributed by atoms with E-state index in [2.05, 4.69) is 0 Å². The second-order valence-corrected chi connectivity index (χ2v) is 8.30. The molecule has 2 aromatic carbocycles. The molecule has 2 heterocycles. The van der Waals surface area contributed by atoms with Crippen molar-refractivity contribution in [2.24, 2.45) is 0 Å². The van der Waals surface area contributed by atoms with Crippen molar-refractivity contribution >= 4 is 12.0 Å². The summed E-state index contributed by atoms with van der Waals surface area (Å²) in [6.45, 7) is 0.657. The Morgan fingerprint density at radius 3 is 2.37 bits per heavy atom. The summed E-state index contributed by atoms with van der Waals surface area (Å²) in [5, 5.41) is 21.9. The van der Waals surface area contributed by atoms with Gasteiger partial charge in [0.05, 0.1) is 6.04 Å². The van der Waals surface area contributed by atoms with Gasteiger partial charge in [0.15, 0.2) is 0 Å². The van der Waals surface area contributed by atoms with Crippen molar-refractivity contribution < 1.29 is 19.8 Å². The van der Waals surface area contributed by atoms with Crippen LogP contribution in [-0.2, 0) is 16.9 Å². The molecule has 0 radical (unpaired) electrons. The number of benzene rings is 2. The Morgan fingerprint density at radius 1 is 1.03 bits per heavy atom. The summed E-state index contributed by atoms with van der Waals surface area (Å²) in [6.07, 6.45) is 2.45. The van der Waals surface area contributed by atoms with Crippen molar-refractivity contribution in [1.82, 2.24) is 9.80 Å². The highest BCUT2D eigenvalue weighted by atomic mass is 16.4. The van der Waals surface area contributed by atoms with Gasteiger partial charge < -0.3 is 15.1 Å². The number of amides is 2. The lowest BCUT2D eigenvalue weighted by molar-refractivity contribution is -0.164. The van der Waals surface area contributed by atoms with Gasteiger partial charge in [-0.3, -0.25) is 9.69 Å². The van der Waals surface area contributed by atoms with Crippen molar-refractivity contribution in [2.45, 2.75) is 56.3 Å². The SMILES string of the molecule is O=C(O)N(Cc1ccccc1)C1CC(O)(c2ccccc2)C2CCCCCN2C1=O. The predicted molar refractivity (Wildman–Crippen MR) is 113 cm³/mol. The molecule has 0 aliphatic carbocycles. The number of carboxylic acid groups (broad SMARTS) is 1. The molecule has 30 heavy (non-hydrogen) atoms. The molecular weight excluding hydrogens is 380 g/mol. The highest BCUT2D eigenvalue weighted by Crippen LogP contribution is 2.42. The van der Waals surface area contributed by atoms with Gasteiger partial charge in [-0.2, -0.15) is 0 Å². The fourth-order valence-electron chi connectivity index (χ4n) is 4.95. The molecule has 0 bridgehead atoms. The Balaban J connectivity index is 1.73. The number of nitrogens with zero attached hydrogens (tertiary/aromatic N) is 2. The van der Waals surface area contributed by atoms with E-state index in [1.807, 2.05) is 60.7 Å². The Kier molecular flexibility index (Phi) is 5.77. The van der Waals surface area contributed by atoms with E-state index in [0.717, 1.165) is 36.8 Å². The molecule has 2 saturated heterocycles. The Hall–Kier alpha value is -2.86. The van der Waals surface area contributed by atoms with E-state index in [-0.39, 0.29) is 24.9 Å². The average molecular weight is 408 g/mol. The third-order valence-electron chi connectivity index (χ3n) is 6.47. The third-order valence-corrected chi connectivity index (χ3v) is 6.47. The van der Waals surface area contributed by atoms with Crippen molar-refractivity contribution in [3.63, 3.8) is 0 Å². The van der Waals surface area contributed by atoms with E-state index in [1.54, 1.807) is 4.90 Å². The van der Waals surface area contributed by atoms with Gasteiger partial charge in [-0.15, -0.1) is 0 Å².